The molecule has 0 aliphatic rings. The van der Waals surface area contributed by atoms with Gasteiger partial charge in [-0.1, -0.05) is 19.9 Å². The molecule has 0 heterocycles. The lowest BCUT2D eigenvalue weighted by molar-refractivity contribution is 0.470. The van der Waals surface area contributed by atoms with Gasteiger partial charge in [0, 0.05) is 0 Å². The van der Waals surface area contributed by atoms with Gasteiger partial charge >= 0.3 is 0 Å². The molecule has 0 saturated carbocycles. The smallest absolute Gasteiger partial charge is 0.119 e. The molecular weight excluding hydrogens is 162 g/mol. The van der Waals surface area contributed by atoms with E-state index in [4.69, 9.17) is 5.26 Å². The third kappa shape index (κ3) is 1.81. The molecule has 0 aliphatic carbocycles. The Morgan fingerprint density at radius 3 is 2.46 bits per heavy atom. The van der Waals surface area contributed by atoms with E-state index in [1.165, 1.54) is 6.07 Å². The fraction of sp³-hybridized carbons (Fsp3) is 0.364. The van der Waals surface area contributed by atoms with Gasteiger partial charge in [0.05, 0.1) is 11.6 Å². The van der Waals surface area contributed by atoms with Crippen LogP contribution < -0.4 is 0 Å². The molecule has 1 aromatic rings. The Morgan fingerprint density at radius 2 is 2.00 bits per heavy atom. The average molecular weight is 175 g/mol. The number of benzene rings is 1. The molecule has 1 N–H and O–H groups in total. The molecule has 0 amide bonds. The van der Waals surface area contributed by atoms with E-state index in [2.05, 4.69) is 6.07 Å². The molecular formula is C11H13NO. The van der Waals surface area contributed by atoms with Crippen molar-refractivity contribution in [2.45, 2.75) is 26.7 Å². The number of hydrogen-bond acceptors (Lipinski definition) is 2. The predicted octanol–water partition coefficient (Wildman–Crippen LogP) is 2.70. The average Bonchev–Trinajstić information content (AvgIpc) is 2.08. The van der Waals surface area contributed by atoms with Crippen molar-refractivity contribution < 1.29 is 5.11 Å². The van der Waals surface area contributed by atoms with Crippen molar-refractivity contribution in [3.63, 3.8) is 0 Å². The molecule has 0 aromatic heterocycles. The van der Waals surface area contributed by atoms with E-state index in [-0.39, 0.29) is 5.75 Å². The first-order valence-electron chi connectivity index (χ1n) is 4.30. The van der Waals surface area contributed by atoms with E-state index in [0.29, 0.717) is 11.5 Å². The van der Waals surface area contributed by atoms with Crippen molar-refractivity contribution in [2.75, 3.05) is 0 Å². The van der Waals surface area contributed by atoms with Gasteiger partial charge < -0.3 is 5.11 Å². The van der Waals surface area contributed by atoms with Gasteiger partial charge in [0.15, 0.2) is 0 Å². The van der Waals surface area contributed by atoms with Crippen LogP contribution >= 0.6 is 0 Å². The minimum absolute atomic E-state index is 0.195. The second-order valence-corrected chi connectivity index (χ2v) is 3.49. The summed E-state index contributed by atoms with van der Waals surface area (Å²) < 4.78 is 0. The fourth-order valence-electron chi connectivity index (χ4n) is 1.29. The molecule has 0 bridgehead atoms. The zero-order valence-electron chi connectivity index (χ0n) is 8.13. The van der Waals surface area contributed by atoms with E-state index in [9.17, 15) is 5.11 Å². The summed E-state index contributed by atoms with van der Waals surface area (Å²) in [6.45, 7) is 5.90. The monoisotopic (exact) mass is 175 g/mol. The summed E-state index contributed by atoms with van der Waals surface area (Å²) in [7, 11) is 0. The highest BCUT2D eigenvalue weighted by atomic mass is 16.3. The number of phenols is 1. The summed E-state index contributed by atoms with van der Waals surface area (Å²) >= 11 is 0. The summed E-state index contributed by atoms with van der Waals surface area (Å²) in [6, 6.07) is 5.49. The minimum atomic E-state index is 0.195. The second-order valence-electron chi connectivity index (χ2n) is 3.49. The number of aromatic hydroxyl groups is 1. The number of hydrogen-bond donors (Lipinski definition) is 1. The van der Waals surface area contributed by atoms with Crippen molar-refractivity contribution in [3.8, 4) is 11.8 Å². The molecule has 0 fully saturated rings. The van der Waals surface area contributed by atoms with Crippen LogP contribution in [0.25, 0.3) is 0 Å². The zero-order chi connectivity index (χ0) is 10.0. The van der Waals surface area contributed by atoms with Crippen LogP contribution in [0.3, 0.4) is 0 Å². The van der Waals surface area contributed by atoms with Crippen molar-refractivity contribution in [1.29, 1.82) is 5.26 Å². The molecule has 0 saturated heterocycles. The van der Waals surface area contributed by atoms with Crippen LogP contribution in [0.1, 0.15) is 36.5 Å². The maximum atomic E-state index is 9.39. The minimum Gasteiger partial charge on any atom is -0.508 e. The largest absolute Gasteiger partial charge is 0.508 e. The van der Waals surface area contributed by atoms with Crippen LogP contribution in [-0.4, -0.2) is 5.11 Å². The summed E-state index contributed by atoms with van der Waals surface area (Å²) in [6.07, 6.45) is 0. The van der Waals surface area contributed by atoms with Crippen LogP contribution in [0.15, 0.2) is 12.1 Å². The Kier molecular flexibility index (Phi) is 2.57. The summed E-state index contributed by atoms with van der Waals surface area (Å²) in [5, 5.41) is 18.2. The molecule has 1 aromatic carbocycles. The van der Waals surface area contributed by atoms with E-state index in [1.54, 1.807) is 0 Å². The third-order valence-corrected chi connectivity index (χ3v) is 2.11. The van der Waals surface area contributed by atoms with Gasteiger partial charge in [-0.2, -0.15) is 5.26 Å². The van der Waals surface area contributed by atoms with Crippen molar-refractivity contribution in [3.05, 3.63) is 28.8 Å². The zero-order valence-corrected chi connectivity index (χ0v) is 8.13. The van der Waals surface area contributed by atoms with Gasteiger partial charge in [-0.15, -0.1) is 0 Å². The maximum Gasteiger partial charge on any atom is 0.119 e. The molecule has 0 unspecified atom stereocenters. The molecule has 0 atom stereocenters. The first-order valence-corrected chi connectivity index (χ1v) is 4.30. The van der Waals surface area contributed by atoms with E-state index >= 15 is 0 Å². The van der Waals surface area contributed by atoms with E-state index in [1.807, 2.05) is 26.8 Å². The van der Waals surface area contributed by atoms with Crippen molar-refractivity contribution in [1.82, 2.24) is 0 Å². The molecule has 1 rings (SSSR count). The summed E-state index contributed by atoms with van der Waals surface area (Å²) in [5.41, 5.74) is 2.39. The summed E-state index contributed by atoms with van der Waals surface area (Å²) in [4.78, 5) is 0. The quantitative estimate of drug-likeness (QED) is 0.713. The van der Waals surface area contributed by atoms with Crippen LogP contribution in [0.2, 0.25) is 0 Å². The first-order chi connectivity index (χ1) is 6.06. The maximum absolute atomic E-state index is 9.39. The Morgan fingerprint density at radius 1 is 1.38 bits per heavy atom. The Bertz CT molecular complexity index is 361. The normalized spacial score (nSPS) is 10.1. The highest BCUT2D eigenvalue weighted by Gasteiger charge is 2.09. The molecule has 0 radical (unpaired) electrons. The lowest BCUT2D eigenvalue weighted by Gasteiger charge is -2.09. The Labute approximate surface area is 78.4 Å². The lowest BCUT2D eigenvalue weighted by atomic mass is 9.95. The van der Waals surface area contributed by atoms with Crippen molar-refractivity contribution >= 4 is 0 Å². The highest BCUT2D eigenvalue weighted by molar-refractivity contribution is 5.48. The molecule has 2 nitrogen and oxygen atoms in total. The molecule has 0 spiro atoms. The number of phenolic OH excluding ortho intramolecular Hbond substituents is 1. The Balaban J connectivity index is 3.35. The molecule has 68 valence electrons. The molecule has 2 heteroatoms. The number of nitriles is 1. The SMILES string of the molecule is Cc1cc(C(C)C)c(C#N)cc1O. The topological polar surface area (TPSA) is 44.0 Å². The van der Waals surface area contributed by atoms with Gasteiger partial charge in [-0.25, -0.2) is 0 Å². The van der Waals surface area contributed by atoms with Crippen LogP contribution in [0.5, 0.6) is 5.75 Å². The van der Waals surface area contributed by atoms with Gasteiger partial charge in [0.2, 0.25) is 0 Å². The van der Waals surface area contributed by atoms with Crippen LogP contribution in [0.4, 0.5) is 0 Å². The van der Waals surface area contributed by atoms with Crippen LogP contribution in [0, 0.1) is 18.3 Å². The lowest BCUT2D eigenvalue weighted by Crippen LogP contribution is -1.93. The highest BCUT2D eigenvalue weighted by Crippen LogP contribution is 2.26. The predicted molar refractivity (Wildman–Crippen MR) is 51.6 cm³/mol. The van der Waals surface area contributed by atoms with E-state index in [0.717, 1.165) is 11.1 Å². The van der Waals surface area contributed by atoms with Crippen LogP contribution in [-0.2, 0) is 0 Å². The van der Waals surface area contributed by atoms with Gasteiger partial charge in [0.1, 0.15) is 5.75 Å². The molecule has 13 heavy (non-hydrogen) atoms. The van der Waals surface area contributed by atoms with Gasteiger partial charge in [-0.3, -0.25) is 0 Å². The van der Waals surface area contributed by atoms with Crippen molar-refractivity contribution in [2.24, 2.45) is 0 Å². The number of aryl methyl sites for hydroxylation is 1. The van der Waals surface area contributed by atoms with Gasteiger partial charge in [0.25, 0.3) is 0 Å². The number of rotatable bonds is 1. The Hall–Kier alpha value is -1.49. The first kappa shape index (κ1) is 9.60. The summed E-state index contributed by atoms with van der Waals surface area (Å²) in [5.74, 6) is 0.509. The standard InChI is InChI=1S/C11H13NO/c1-7(2)10-4-8(3)11(13)5-9(10)6-12/h4-5,7,13H,1-3H3. The number of nitrogens with zero attached hydrogens (tertiary/aromatic N) is 1. The van der Waals surface area contributed by atoms with Gasteiger partial charge in [-0.05, 0) is 30.0 Å². The third-order valence-electron chi connectivity index (χ3n) is 2.11. The fourth-order valence-corrected chi connectivity index (χ4v) is 1.29. The van der Waals surface area contributed by atoms with E-state index < -0.39 is 0 Å². The second kappa shape index (κ2) is 3.49. The molecule has 0 aliphatic heterocycles.